The minimum Gasteiger partial charge on any atom is -0.304 e. The van der Waals surface area contributed by atoms with Crippen molar-refractivity contribution in [3.05, 3.63) is 156 Å². The van der Waals surface area contributed by atoms with Crippen molar-refractivity contribution >= 4 is 7.81 Å². The minimum absolute atomic E-state index is 0. The molecule has 0 aliphatic carbocycles. The van der Waals surface area contributed by atoms with Crippen LogP contribution in [-0.2, 0) is 32.5 Å². The van der Waals surface area contributed by atoms with Crippen LogP contribution >= 0.6 is 7.81 Å². The quantitative estimate of drug-likeness (QED) is 0.101. The zero-order chi connectivity index (χ0) is 41.3. The molecule has 0 amide bonds. The Labute approximate surface area is 318 Å². The van der Waals surface area contributed by atoms with E-state index in [0.717, 1.165) is 47.8 Å². The van der Waals surface area contributed by atoms with E-state index in [9.17, 15) is 69.1 Å². The fourth-order valence-corrected chi connectivity index (χ4v) is 3.73. The van der Waals surface area contributed by atoms with Crippen LogP contribution in [0.4, 0.5) is 69.1 Å². The summed E-state index contributed by atoms with van der Waals surface area (Å²) in [5.41, 5.74) is -0.477. The van der Waals surface area contributed by atoms with E-state index in [0.29, 0.717) is 24.5 Å². The molecule has 0 saturated heterocycles. The van der Waals surface area contributed by atoms with Crippen molar-refractivity contribution in [2.45, 2.75) is 12.4 Å². The zero-order valence-electron chi connectivity index (χ0n) is 27.0. The molecule has 4 heterocycles. The molecule has 4 nitrogen and oxygen atoms in total. The maximum atomic E-state index is 13.3. The standard InChI is InChI=1S/2C12H5F5N.C10H8N2.F6P.Ir/c2*13-8-2-3-9(10(14)5-8)11-4-1-7(6-18-11)12(15,16)17;1-3-7-11-9(5-1)10-6-2-4-8-12-10;1-7(2,3,4,5)6;/h2*1-2,4-6H;1-8H;;/q2*-1;;-1;. The maximum Gasteiger partial charge on any atom is 0.417 e. The van der Waals surface area contributed by atoms with Crippen LogP contribution in [0.25, 0.3) is 33.9 Å². The van der Waals surface area contributed by atoms with E-state index in [4.69, 9.17) is 0 Å². The molecule has 6 aromatic rings. The third kappa shape index (κ3) is 17.2. The van der Waals surface area contributed by atoms with E-state index in [2.05, 4.69) is 32.1 Å². The van der Waals surface area contributed by atoms with Crippen molar-refractivity contribution < 1.29 is 89.2 Å². The molecule has 22 heteroatoms. The first kappa shape index (κ1) is 47.2. The molecule has 0 unspecified atom stereocenters. The molecule has 6 rings (SSSR count). The van der Waals surface area contributed by atoms with E-state index in [1.807, 2.05) is 36.4 Å². The van der Waals surface area contributed by atoms with Gasteiger partial charge in [0.15, 0.2) is 0 Å². The summed E-state index contributed by atoms with van der Waals surface area (Å²) in [6.07, 6.45) is -4.29. The van der Waals surface area contributed by atoms with Gasteiger partial charge in [-0.05, 0) is 35.7 Å². The van der Waals surface area contributed by atoms with E-state index < -0.39 is 54.6 Å². The fourth-order valence-electron chi connectivity index (χ4n) is 3.73. The first-order valence-corrected chi connectivity index (χ1v) is 16.4. The molecular weight excluding hydrogens is 992 g/mol. The number of pyridine rings is 4. The summed E-state index contributed by atoms with van der Waals surface area (Å²) in [4.78, 5) is 15.4. The topological polar surface area (TPSA) is 51.6 Å². The Morgan fingerprint density at radius 1 is 0.464 bits per heavy atom. The summed E-state index contributed by atoms with van der Waals surface area (Å²) in [5.74, 6) is -3.49. The van der Waals surface area contributed by atoms with Crippen LogP contribution in [0.5, 0.6) is 0 Å². The van der Waals surface area contributed by atoms with Crippen molar-refractivity contribution in [3.8, 4) is 33.9 Å². The Hall–Kier alpha value is -5.00. The molecule has 1 radical (unpaired) electrons. The summed E-state index contributed by atoms with van der Waals surface area (Å²) in [6, 6.07) is 22.7. The number of halogens is 16. The summed E-state index contributed by atoms with van der Waals surface area (Å²) < 4.78 is 185. The number of aromatic nitrogens is 4. The van der Waals surface area contributed by atoms with Gasteiger partial charge >= 0.3 is 45.3 Å². The van der Waals surface area contributed by atoms with E-state index in [1.165, 1.54) is 0 Å². The van der Waals surface area contributed by atoms with Gasteiger partial charge in [0, 0.05) is 68.2 Å². The molecule has 4 aromatic heterocycles. The first-order valence-electron chi connectivity index (χ1n) is 14.4. The van der Waals surface area contributed by atoms with Gasteiger partial charge in [0.2, 0.25) is 0 Å². The molecule has 0 saturated carbocycles. The van der Waals surface area contributed by atoms with Crippen LogP contribution < -0.4 is 0 Å². The Bertz CT molecular complexity index is 2000. The van der Waals surface area contributed by atoms with Gasteiger partial charge in [-0.15, -0.1) is 24.3 Å². The molecule has 2 aromatic carbocycles. The second-order valence-corrected chi connectivity index (χ2v) is 12.2. The third-order valence-electron chi connectivity index (χ3n) is 6.00. The van der Waals surface area contributed by atoms with Crippen molar-refractivity contribution in [2.24, 2.45) is 0 Å². The van der Waals surface area contributed by atoms with E-state index >= 15 is 0 Å². The number of hydrogen-bond donors (Lipinski definition) is 0. The van der Waals surface area contributed by atoms with Gasteiger partial charge in [0.1, 0.15) is 0 Å². The van der Waals surface area contributed by atoms with Crippen molar-refractivity contribution in [1.29, 1.82) is 0 Å². The monoisotopic (exact) mass is 1010 g/mol. The predicted molar refractivity (Wildman–Crippen MR) is 168 cm³/mol. The van der Waals surface area contributed by atoms with E-state index in [1.54, 1.807) is 12.4 Å². The second kappa shape index (κ2) is 17.9. The van der Waals surface area contributed by atoms with Crippen LogP contribution in [0.15, 0.2) is 110 Å². The van der Waals surface area contributed by atoms with Crippen molar-refractivity contribution in [1.82, 2.24) is 19.9 Å². The third-order valence-corrected chi connectivity index (χ3v) is 6.00. The van der Waals surface area contributed by atoms with Crippen LogP contribution in [0.1, 0.15) is 11.1 Å². The average molecular weight is 1010 g/mol. The SMILES string of the molecule is F[P-](F)(F)(F)(F)F.Fc1c[c-]c(-c2ccc(C(F)(F)F)cn2)c(F)c1.Fc1c[c-]c(-c2ccc(C(F)(F)F)cn2)c(F)c1.[Ir].c1ccc(-c2ccccn2)nc1. The van der Waals surface area contributed by atoms with Gasteiger partial charge < -0.3 is 9.97 Å². The number of hydrogen-bond acceptors (Lipinski definition) is 4. The summed E-state index contributed by atoms with van der Waals surface area (Å²) in [5, 5.41) is 0. The minimum atomic E-state index is -10.7. The van der Waals surface area contributed by atoms with Crippen LogP contribution in [0.2, 0.25) is 0 Å². The molecule has 0 aliphatic rings. The van der Waals surface area contributed by atoms with Crippen molar-refractivity contribution in [2.75, 3.05) is 0 Å². The van der Waals surface area contributed by atoms with Crippen LogP contribution in [-0.4, -0.2) is 19.9 Å². The molecule has 303 valence electrons. The number of rotatable bonds is 3. The Kier molecular flexibility index (Phi) is 15.0. The summed E-state index contributed by atoms with van der Waals surface area (Å²) >= 11 is 0. The first-order chi connectivity index (χ1) is 25.2. The van der Waals surface area contributed by atoms with Crippen LogP contribution in [0, 0.1) is 35.4 Å². The smallest absolute Gasteiger partial charge is 0.304 e. The Morgan fingerprint density at radius 3 is 1.04 bits per heavy atom. The van der Waals surface area contributed by atoms with Gasteiger partial charge in [0.25, 0.3) is 0 Å². The summed E-state index contributed by atoms with van der Waals surface area (Å²) in [6.45, 7) is 0. The van der Waals surface area contributed by atoms with Gasteiger partial charge in [0.05, 0.1) is 22.5 Å². The molecular formula is C34H18F16IrN4P-3. The maximum absolute atomic E-state index is 13.3. The van der Waals surface area contributed by atoms with Crippen molar-refractivity contribution in [3.63, 3.8) is 0 Å². The molecule has 0 spiro atoms. The molecule has 0 N–H and O–H groups in total. The predicted octanol–water partition coefficient (Wildman–Crippen LogP) is 13.2. The largest absolute Gasteiger partial charge is 0.417 e. The number of benzene rings is 2. The van der Waals surface area contributed by atoms with Gasteiger partial charge in [-0.2, -0.15) is 26.3 Å². The fraction of sp³-hybridized carbons (Fsp3) is 0.0588. The molecule has 0 aliphatic heterocycles. The molecule has 0 atom stereocenters. The molecule has 0 bridgehead atoms. The molecule has 0 fully saturated rings. The number of alkyl halides is 6. The Morgan fingerprint density at radius 2 is 0.804 bits per heavy atom. The summed E-state index contributed by atoms with van der Waals surface area (Å²) in [7, 11) is -10.7. The van der Waals surface area contributed by atoms with Crippen LogP contribution in [0.3, 0.4) is 0 Å². The second-order valence-electron chi connectivity index (χ2n) is 10.3. The van der Waals surface area contributed by atoms with Gasteiger partial charge in [-0.1, -0.05) is 59.7 Å². The number of nitrogens with zero attached hydrogens (tertiary/aromatic N) is 4. The zero-order valence-corrected chi connectivity index (χ0v) is 30.3. The van der Waals surface area contributed by atoms with Gasteiger partial charge in [-0.3, -0.25) is 27.5 Å². The Balaban J connectivity index is 0.000000269. The average Bonchev–Trinajstić information content (AvgIpc) is 3.08. The van der Waals surface area contributed by atoms with Gasteiger partial charge in [-0.25, -0.2) is 0 Å². The normalized spacial score (nSPS) is 12.4. The molecule has 56 heavy (non-hydrogen) atoms. The van der Waals surface area contributed by atoms with E-state index in [-0.39, 0.29) is 42.6 Å².